The summed E-state index contributed by atoms with van der Waals surface area (Å²) in [6.45, 7) is 0. The Balaban J connectivity index is 1.58. The van der Waals surface area contributed by atoms with Crippen LogP contribution in [0.2, 0.25) is 0 Å². The average molecular weight is 298 g/mol. The lowest BCUT2D eigenvalue weighted by atomic mass is 10.1. The van der Waals surface area contributed by atoms with E-state index in [2.05, 4.69) is 63.3 Å². The quantitative estimate of drug-likeness (QED) is 0.584. The van der Waals surface area contributed by atoms with Gasteiger partial charge in [-0.2, -0.15) is 5.10 Å². The van der Waals surface area contributed by atoms with Gasteiger partial charge in [0.1, 0.15) is 0 Å². The molecular formula is C20H16N3. The largest absolute Gasteiger partial charge is 0.316 e. The van der Waals surface area contributed by atoms with E-state index < -0.39 is 0 Å². The summed E-state index contributed by atoms with van der Waals surface area (Å²) in [5.41, 5.74) is 6.01. The van der Waals surface area contributed by atoms with Gasteiger partial charge < -0.3 is 4.57 Å². The van der Waals surface area contributed by atoms with Gasteiger partial charge in [0.15, 0.2) is 0 Å². The summed E-state index contributed by atoms with van der Waals surface area (Å²) in [6, 6.07) is 20.6. The summed E-state index contributed by atoms with van der Waals surface area (Å²) in [4.78, 5) is 0. The first-order valence-electron chi connectivity index (χ1n) is 8.01. The van der Waals surface area contributed by atoms with E-state index in [9.17, 15) is 0 Å². The molecule has 2 aromatic carbocycles. The summed E-state index contributed by atoms with van der Waals surface area (Å²) in [5, 5.41) is 8.25. The van der Waals surface area contributed by atoms with Crippen molar-refractivity contribution >= 4 is 10.9 Å². The van der Waals surface area contributed by atoms with Crippen LogP contribution in [0.5, 0.6) is 0 Å². The lowest BCUT2D eigenvalue weighted by Crippen LogP contribution is -1.95. The smallest absolute Gasteiger partial charge is 0.0671 e. The molecule has 0 aliphatic heterocycles. The van der Waals surface area contributed by atoms with Crippen molar-refractivity contribution in [2.75, 3.05) is 0 Å². The SMILES string of the molecule is [c]1cc(-c2ccc(C3CC3)cc2)n(-c2ccc3cn[nH]c3c2)c1. The number of hydrogen-bond donors (Lipinski definition) is 1. The number of H-pyrrole nitrogens is 1. The molecule has 3 nitrogen and oxygen atoms in total. The third-order valence-electron chi connectivity index (χ3n) is 4.64. The second-order valence-corrected chi connectivity index (χ2v) is 6.23. The van der Waals surface area contributed by atoms with Gasteiger partial charge in [-0.25, -0.2) is 0 Å². The second-order valence-electron chi connectivity index (χ2n) is 6.23. The summed E-state index contributed by atoms with van der Waals surface area (Å²) in [7, 11) is 0. The predicted molar refractivity (Wildman–Crippen MR) is 91.7 cm³/mol. The summed E-state index contributed by atoms with van der Waals surface area (Å²) in [5.74, 6) is 0.796. The van der Waals surface area contributed by atoms with Crippen LogP contribution in [0.1, 0.15) is 24.3 Å². The fourth-order valence-electron chi connectivity index (χ4n) is 3.18. The van der Waals surface area contributed by atoms with E-state index in [-0.39, 0.29) is 0 Å². The van der Waals surface area contributed by atoms with Crippen LogP contribution >= 0.6 is 0 Å². The zero-order valence-corrected chi connectivity index (χ0v) is 12.7. The molecular weight excluding hydrogens is 282 g/mol. The van der Waals surface area contributed by atoms with Crippen LogP contribution < -0.4 is 0 Å². The van der Waals surface area contributed by atoms with Crippen molar-refractivity contribution in [3.8, 4) is 16.9 Å². The molecule has 23 heavy (non-hydrogen) atoms. The van der Waals surface area contributed by atoms with Gasteiger partial charge in [0.05, 0.1) is 17.4 Å². The summed E-state index contributed by atoms with van der Waals surface area (Å²) in [6.07, 6.45) is 6.52. The molecule has 3 heteroatoms. The molecule has 0 amide bonds. The fourth-order valence-corrected chi connectivity index (χ4v) is 3.18. The van der Waals surface area contributed by atoms with Crippen molar-refractivity contribution in [2.24, 2.45) is 0 Å². The van der Waals surface area contributed by atoms with Crippen LogP contribution in [0.25, 0.3) is 27.8 Å². The van der Waals surface area contributed by atoms with Gasteiger partial charge in [-0.3, -0.25) is 5.10 Å². The number of nitrogens with zero attached hydrogens (tertiary/aromatic N) is 2. The summed E-state index contributed by atoms with van der Waals surface area (Å²) < 4.78 is 2.17. The molecule has 0 spiro atoms. The first-order chi connectivity index (χ1) is 11.4. The lowest BCUT2D eigenvalue weighted by Gasteiger charge is -2.10. The molecule has 2 aromatic heterocycles. The first-order valence-corrected chi connectivity index (χ1v) is 8.01. The van der Waals surface area contributed by atoms with E-state index in [4.69, 9.17) is 0 Å². The van der Waals surface area contributed by atoms with Crippen LogP contribution in [0.15, 0.2) is 60.9 Å². The molecule has 1 radical (unpaired) electrons. The molecule has 1 aliphatic rings. The normalized spacial score (nSPS) is 14.4. The third kappa shape index (κ3) is 2.16. The highest BCUT2D eigenvalue weighted by atomic mass is 15.1. The maximum atomic E-state index is 4.09. The van der Waals surface area contributed by atoms with Gasteiger partial charge >= 0.3 is 0 Å². The predicted octanol–water partition coefficient (Wildman–Crippen LogP) is 4.70. The Hall–Kier alpha value is -2.81. The van der Waals surface area contributed by atoms with E-state index in [1.807, 2.05) is 18.5 Å². The molecule has 0 atom stereocenters. The fraction of sp³-hybridized carbons (Fsp3) is 0.150. The Labute approximate surface area is 134 Å². The van der Waals surface area contributed by atoms with Crippen molar-refractivity contribution in [1.82, 2.24) is 14.8 Å². The number of fused-ring (bicyclic) bond motifs is 1. The monoisotopic (exact) mass is 298 g/mol. The minimum atomic E-state index is 0.796. The lowest BCUT2D eigenvalue weighted by molar-refractivity contribution is 1.08. The minimum Gasteiger partial charge on any atom is -0.316 e. The Kier molecular flexibility index (Phi) is 2.68. The van der Waals surface area contributed by atoms with E-state index in [1.165, 1.54) is 24.0 Å². The van der Waals surface area contributed by atoms with E-state index in [1.54, 1.807) is 0 Å². The molecule has 5 rings (SSSR count). The molecule has 2 heterocycles. The van der Waals surface area contributed by atoms with E-state index in [0.29, 0.717) is 0 Å². The molecule has 1 N–H and O–H groups in total. The molecule has 4 aromatic rings. The highest BCUT2D eigenvalue weighted by molar-refractivity contribution is 5.80. The minimum absolute atomic E-state index is 0.796. The first kappa shape index (κ1) is 12.7. The van der Waals surface area contributed by atoms with Crippen molar-refractivity contribution in [3.63, 3.8) is 0 Å². The van der Waals surface area contributed by atoms with Gasteiger partial charge in [-0.15, -0.1) is 0 Å². The number of aromatic amines is 1. The van der Waals surface area contributed by atoms with Gasteiger partial charge in [-0.05, 0) is 54.2 Å². The van der Waals surface area contributed by atoms with Gasteiger partial charge in [-0.1, -0.05) is 24.3 Å². The molecule has 0 bridgehead atoms. The molecule has 1 saturated carbocycles. The van der Waals surface area contributed by atoms with Crippen molar-refractivity contribution in [1.29, 1.82) is 0 Å². The number of hydrogen-bond acceptors (Lipinski definition) is 1. The standard InChI is InChI=1S/C20H16N3/c1-2-20(16-7-5-15(6-8-16)14-3-4-14)23(11-1)18-10-9-17-13-21-22-19(17)12-18/h2,5-14H,3-4H2,(H,21,22). The Bertz CT molecular complexity index is 971. The number of benzene rings is 2. The highest BCUT2D eigenvalue weighted by Gasteiger charge is 2.23. The maximum absolute atomic E-state index is 4.09. The van der Waals surface area contributed by atoms with Crippen LogP contribution in [0.4, 0.5) is 0 Å². The average Bonchev–Trinajstić information content (AvgIpc) is 3.14. The van der Waals surface area contributed by atoms with Gasteiger partial charge in [0.2, 0.25) is 0 Å². The molecule has 0 unspecified atom stereocenters. The molecule has 111 valence electrons. The molecule has 1 aliphatic carbocycles. The third-order valence-corrected chi connectivity index (χ3v) is 4.64. The second kappa shape index (κ2) is 4.85. The van der Waals surface area contributed by atoms with Crippen LogP contribution in [-0.4, -0.2) is 14.8 Å². The van der Waals surface area contributed by atoms with E-state index >= 15 is 0 Å². The highest BCUT2D eigenvalue weighted by Crippen LogP contribution is 2.40. The number of rotatable bonds is 3. The number of aromatic nitrogens is 3. The van der Waals surface area contributed by atoms with Crippen LogP contribution in [-0.2, 0) is 0 Å². The molecule has 1 fully saturated rings. The van der Waals surface area contributed by atoms with Gasteiger partial charge in [0.25, 0.3) is 0 Å². The Morgan fingerprint density at radius 3 is 2.78 bits per heavy atom. The topological polar surface area (TPSA) is 33.6 Å². The Morgan fingerprint density at radius 2 is 1.96 bits per heavy atom. The van der Waals surface area contributed by atoms with E-state index in [0.717, 1.165) is 28.2 Å². The van der Waals surface area contributed by atoms with Crippen LogP contribution in [0.3, 0.4) is 0 Å². The van der Waals surface area contributed by atoms with Gasteiger partial charge in [0, 0.05) is 23.3 Å². The Morgan fingerprint density at radius 1 is 1.09 bits per heavy atom. The van der Waals surface area contributed by atoms with Crippen molar-refractivity contribution < 1.29 is 0 Å². The molecule has 0 saturated heterocycles. The van der Waals surface area contributed by atoms with Crippen molar-refractivity contribution in [3.05, 3.63) is 72.6 Å². The zero-order valence-electron chi connectivity index (χ0n) is 12.7. The zero-order chi connectivity index (χ0) is 15.2. The number of nitrogens with one attached hydrogen (secondary N) is 1. The maximum Gasteiger partial charge on any atom is 0.0671 e. The summed E-state index contributed by atoms with van der Waals surface area (Å²) >= 11 is 0. The van der Waals surface area contributed by atoms with Crippen molar-refractivity contribution in [2.45, 2.75) is 18.8 Å². The van der Waals surface area contributed by atoms with Crippen LogP contribution in [0, 0.1) is 6.07 Å².